The highest BCUT2D eigenvalue weighted by atomic mass is 19.1. The van der Waals surface area contributed by atoms with E-state index < -0.39 is 28.4 Å². The molecule has 0 aliphatic carbocycles. The van der Waals surface area contributed by atoms with Crippen LogP contribution >= 0.6 is 0 Å². The lowest BCUT2D eigenvalue weighted by Crippen LogP contribution is -2.33. The summed E-state index contributed by atoms with van der Waals surface area (Å²) in [6, 6.07) is 2.67. The summed E-state index contributed by atoms with van der Waals surface area (Å²) < 4.78 is 13.2. The average molecular weight is 242 g/mol. The molecule has 0 bridgehead atoms. The van der Waals surface area contributed by atoms with Crippen molar-refractivity contribution >= 4 is 11.7 Å². The van der Waals surface area contributed by atoms with Gasteiger partial charge in [0.25, 0.3) is 0 Å². The van der Waals surface area contributed by atoms with E-state index >= 15 is 0 Å². The second-order valence-corrected chi connectivity index (χ2v) is 3.48. The van der Waals surface area contributed by atoms with Gasteiger partial charge in [-0.2, -0.15) is 4.39 Å². The van der Waals surface area contributed by atoms with Crippen molar-refractivity contribution in [2.45, 2.75) is 19.5 Å². The van der Waals surface area contributed by atoms with E-state index in [2.05, 4.69) is 5.32 Å². The zero-order chi connectivity index (χ0) is 13.0. The van der Waals surface area contributed by atoms with Gasteiger partial charge in [0.05, 0.1) is 4.92 Å². The van der Waals surface area contributed by atoms with Gasteiger partial charge in [-0.1, -0.05) is 6.07 Å². The highest BCUT2D eigenvalue weighted by Gasteiger charge is 2.14. The number of nitrogens with zero attached hydrogens (tertiary/aromatic N) is 1. The first-order valence-corrected chi connectivity index (χ1v) is 4.81. The first-order chi connectivity index (χ1) is 7.91. The predicted octanol–water partition coefficient (Wildman–Crippen LogP) is 1.30. The minimum Gasteiger partial charge on any atom is -0.480 e. The number of nitrogens with one attached hydrogen (secondary N) is 1. The second-order valence-electron chi connectivity index (χ2n) is 3.48. The van der Waals surface area contributed by atoms with Crippen molar-refractivity contribution in [3.05, 3.63) is 39.7 Å². The molecule has 0 heterocycles. The molecule has 0 aliphatic heterocycles. The average Bonchev–Trinajstić information content (AvgIpc) is 2.25. The third-order valence-electron chi connectivity index (χ3n) is 2.19. The summed E-state index contributed by atoms with van der Waals surface area (Å²) in [6.07, 6.45) is 0. The second kappa shape index (κ2) is 5.35. The molecule has 0 radical (unpaired) electrons. The molecule has 1 aromatic carbocycles. The van der Waals surface area contributed by atoms with Crippen molar-refractivity contribution in [1.82, 2.24) is 5.32 Å². The summed E-state index contributed by atoms with van der Waals surface area (Å²) >= 11 is 0. The van der Waals surface area contributed by atoms with Crippen molar-refractivity contribution < 1.29 is 19.2 Å². The van der Waals surface area contributed by atoms with Gasteiger partial charge in [-0.3, -0.25) is 14.9 Å². The van der Waals surface area contributed by atoms with Crippen LogP contribution in [0, 0.1) is 15.9 Å². The Kier molecular flexibility index (Phi) is 4.11. The van der Waals surface area contributed by atoms with Gasteiger partial charge in [-0.05, 0) is 18.6 Å². The van der Waals surface area contributed by atoms with Crippen LogP contribution in [0.4, 0.5) is 10.1 Å². The van der Waals surface area contributed by atoms with E-state index in [1.807, 2.05) is 0 Å². The van der Waals surface area contributed by atoms with Crippen molar-refractivity contribution in [1.29, 1.82) is 0 Å². The van der Waals surface area contributed by atoms with E-state index in [0.29, 0.717) is 5.56 Å². The lowest BCUT2D eigenvalue weighted by Gasteiger charge is -2.08. The lowest BCUT2D eigenvalue weighted by molar-refractivity contribution is -0.387. The van der Waals surface area contributed by atoms with Gasteiger partial charge in [-0.25, -0.2) is 0 Å². The molecule has 0 fully saturated rings. The summed E-state index contributed by atoms with van der Waals surface area (Å²) in [5, 5.41) is 21.6. The van der Waals surface area contributed by atoms with Crippen LogP contribution in [0.5, 0.6) is 0 Å². The van der Waals surface area contributed by atoms with Crippen molar-refractivity contribution in [2.24, 2.45) is 0 Å². The normalized spacial score (nSPS) is 12.1. The molecule has 0 saturated heterocycles. The highest BCUT2D eigenvalue weighted by molar-refractivity contribution is 5.72. The molecule has 92 valence electrons. The van der Waals surface area contributed by atoms with Crippen LogP contribution in [0.15, 0.2) is 18.2 Å². The summed E-state index contributed by atoms with van der Waals surface area (Å²) in [5.41, 5.74) is -0.152. The number of hydrogen-bond donors (Lipinski definition) is 2. The topological polar surface area (TPSA) is 92.5 Å². The summed E-state index contributed by atoms with van der Waals surface area (Å²) in [7, 11) is 0. The van der Waals surface area contributed by atoms with Gasteiger partial charge < -0.3 is 10.4 Å². The summed E-state index contributed by atoms with van der Waals surface area (Å²) in [5.74, 6) is -1.95. The van der Waals surface area contributed by atoms with Crippen LogP contribution in [0.1, 0.15) is 12.5 Å². The maximum absolute atomic E-state index is 13.2. The molecule has 0 saturated carbocycles. The van der Waals surface area contributed by atoms with Crippen molar-refractivity contribution in [2.75, 3.05) is 0 Å². The van der Waals surface area contributed by atoms with Crippen LogP contribution < -0.4 is 5.32 Å². The quantitative estimate of drug-likeness (QED) is 0.599. The largest absolute Gasteiger partial charge is 0.480 e. The third-order valence-corrected chi connectivity index (χ3v) is 2.19. The van der Waals surface area contributed by atoms with E-state index in [4.69, 9.17) is 5.11 Å². The maximum atomic E-state index is 13.2. The number of carbonyl (C=O) groups is 1. The number of halogens is 1. The number of benzene rings is 1. The Hall–Kier alpha value is -2.02. The van der Waals surface area contributed by atoms with Gasteiger partial charge in [0.1, 0.15) is 6.04 Å². The summed E-state index contributed by atoms with van der Waals surface area (Å²) in [4.78, 5) is 20.1. The standard InChI is InChI=1S/C10H11FN2O4/c1-6(10(14)15)12-5-7-2-3-9(13(16)17)8(11)4-7/h2-4,6,12H,5H2,1H3,(H,14,15)/t6-/m1/s1. The molecule has 6 nitrogen and oxygen atoms in total. The molecular weight excluding hydrogens is 231 g/mol. The number of nitro groups is 1. The molecule has 7 heteroatoms. The summed E-state index contributed by atoms with van der Waals surface area (Å²) in [6.45, 7) is 1.58. The van der Waals surface area contributed by atoms with E-state index in [1.54, 1.807) is 0 Å². The zero-order valence-corrected chi connectivity index (χ0v) is 9.01. The fraction of sp³-hybridized carbons (Fsp3) is 0.300. The number of carboxylic acids is 1. The third kappa shape index (κ3) is 3.49. The van der Waals surface area contributed by atoms with Crippen molar-refractivity contribution in [3.8, 4) is 0 Å². The van der Waals surface area contributed by atoms with E-state index in [0.717, 1.165) is 12.1 Å². The Morgan fingerprint density at radius 2 is 2.29 bits per heavy atom. The van der Waals surface area contributed by atoms with Crippen LogP contribution in [-0.4, -0.2) is 22.0 Å². The van der Waals surface area contributed by atoms with Crippen LogP contribution in [0.3, 0.4) is 0 Å². The number of hydrogen-bond acceptors (Lipinski definition) is 4. The van der Waals surface area contributed by atoms with Crippen molar-refractivity contribution in [3.63, 3.8) is 0 Å². The highest BCUT2D eigenvalue weighted by Crippen LogP contribution is 2.17. The lowest BCUT2D eigenvalue weighted by atomic mass is 10.2. The molecular formula is C10H11FN2O4. The molecule has 0 aromatic heterocycles. The zero-order valence-electron chi connectivity index (χ0n) is 9.01. The Labute approximate surface area is 96.2 Å². The number of nitro benzene ring substituents is 1. The fourth-order valence-electron chi connectivity index (χ4n) is 1.17. The van der Waals surface area contributed by atoms with Crippen LogP contribution in [0.25, 0.3) is 0 Å². The first kappa shape index (κ1) is 13.0. The van der Waals surface area contributed by atoms with E-state index in [-0.39, 0.29) is 6.54 Å². The number of carboxylic acid groups (broad SMARTS) is 1. The molecule has 1 rings (SSSR count). The molecule has 17 heavy (non-hydrogen) atoms. The van der Waals surface area contributed by atoms with E-state index in [9.17, 15) is 19.3 Å². The van der Waals surface area contributed by atoms with Gasteiger partial charge in [0, 0.05) is 12.6 Å². The van der Waals surface area contributed by atoms with E-state index in [1.165, 1.54) is 13.0 Å². The Bertz CT molecular complexity index is 450. The smallest absolute Gasteiger partial charge is 0.320 e. The Balaban J connectivity index is 2.71. The SMILES string of the molecule is C[C@@H](NCc1ccc([N+](=O)[O-])c(F)c1)C(=O)O. The van der Waals surface area contributed by atoms with Crippen LogP contribution in [0.2, 0.25) is 0 Å². The molecule has 2 N–H and O–H groups in total. The fourth-order valence-corrected chi connectivity index (χ4v) is 1.17. The monoisotopic (exact) mass is 242 g/mol. The molecule has 0 unspecified atom stereocenters. The Morgan fingerprint density at radius 3 is 2.76 bits per heavy atom. The minimum absolute atomic E-state index is 0.127. The maximum Gasteiger partial charge on any atom is 0.320 e. The molecule has 1 atom stereocenters. The predicted molar refractivity (Wildman–Crippen MR) is 57.0 cm³/mol. The van der Waals surface area contributed by atoms with Gasteiger partial charge >= 0.3 is 11.7 Å². The number of aliphatic carboxylic acids is 1. The van der Waals surface area contributed by atoms with Gasteiger partial charge in [0.2, 0.25) is 5.82 Å². The van der Waals surface area contributed by atoms with Crippen LogP contribution in [-0.2, 0) is 11.3 Å². The molecule has 1 aromatic rings. The minimum atomic E-state index is -1.02. The molecule has 0 amide bonds. The molecule has 0 aliphatic rings. The van der Waals surface area contributed by atoms with Gasteiger partial charge in [-0.15, -0.1) is 0 Å². The Morgan fingerprint density at radius 1 is 1.65 bits per heavy atom. The first-order valence-electron chi connectivity index (χ1n) is 4.81. The molecule has 0 spiro atoms. The van der Waals surface area contributed by atoms with Gasteiger partial charge in [0.15, 0.2) is 0 Å². The number of rotatable bonds is 5.